The van der Waals surface area contributed by atoms with Crippen LogP contribution in [0.4, 0.5) is 0 Å². The molecule has 1 aromatic carbocycles. The van der Waals surface area contributed by atoms with Gasteiger partial charge in [0, 0.05) is 50.7 Å². The molecule has 1 saturated heterocycles. The molecule has 5 heteroatoms. The summed E-state index contributed by atoms with van der Waals surface area (Å²) in [4.78, 5) is 26.9. The molecule has 2 amide bonds. The predicted octanol–water partition coefficient (Wildman–Crippen LogP) is 3.49. The Kier molecular flexibility index (Phi) is 5.35. The topological polar surface area (TPSA) is 58.6 Å². The van der Waals surface area contributed by atoms with Gasteiger partial charge in [-0.2, -0.15) is 0 Å². The highest BCUT2D eigenvalue weighted by Gasteiger charge is 2.45. The summed E-state index contributed by atoms with van der Waals surface area (Å²) in [5, 5.41) is 3.06. The molecule has 1 aromatic rings. The van der Waals surface area contributed by atoms with Crippen LogP contribution < -0.4 is 10.1 Å². The maximum absolute atomic E-state index is 12.5. The Hall–Kier alpha value is -2.04. The number of nitrogens with zero attached hydrogens (tertiary/aromatic N) is 1. The van der Waals surface area contributed by atoms with Crippen molar-refractivity contribution in [1.82, 2.24) is 10.2 Å². The zero-order chi connectivity index (χ0) is 19.7. The lowest BCUT2D eigenvalue weighted by atomic mass is 9.76. The lowest BCUT2D eigenvalue weighted by Crippen LogP contribution is -2.52. The third-order valence-corrected chi connectivity index (χ3v) is 6.36. The molecule has 0 aromatic heterocycles. The van der Waals surface area contributed by atoms with E-state index in [-0.39, 0.29) is 23.3 Å². The van der Waals surface area contributed by atoms with Crippen molar-refractivity contribution in [2.75, 3.05) is 19.6 Å². The molecule has 3 aliphatic rings. The van der Waals surface area contributed by atoms with Crippen LogP contribution in [0.5, 0.6) is 5.75 Å². The van der Waals surface area contributed by atoms with Gasteiger partial charge in [0.25, 0.3) is 0 Å². The van der Waals surface area contributed by atoms with Crippen LogP contribution in [0.2, 0.25) is 0 Å². The Morgan fingerprint density at radius 2 is 1.93 bits per heavy atom. The van der Waals surface area contributed by atoms with E-state index in [1.54, 1.807) is 0 Å². The molecular formula is C23H32N2O3. The highest BCUT2D eigenvalue weighted by molar-refractivity contribution is 5.81. The van der Waals surface area contributed by atoms with Gasteiger partial charge in [-0.15, -0.1) is 0 Å². The molecule has 28 heavy (non-hydrogen) atoms. The first-order valence-electron chi connectivity index (χ1n) is 10.8. The number of nitrogens with one attached hydrogen (secondary N) is 1. The summed E-state index contributed by atoms with van der Waals surface area (Å²) < 4.78 is 6.50. The number of hydrogen-bond acceptors (Lipinski definition) is 3. The first-order chi connectivity index (χ1) is 13.5. The Bertz CT molecular complexity index is 733. The fourth-order valence-electron chi connectivity index (χ4n) is 4.57. The SMILES string of the molecule is CC(C)CNC(=O)CC1CC2(CCN(C(=O)C3CC3)CC2)Oc2ccccc21. The second-order valence-corrected chi connectivity index (χ2v) is 9.23. The maximum atomic E-state index is 12.5. The van der Waals surface area contributed by atoms with E-state index in [4.69, 9.17) is 4.74 Å². The molecule has 5 nitrogen and oxygen atoms in total. The summed E-state index contributed by atoms with van der Waals surface area (Å²) in [5.41, 5.74) is 0.891. The van der Waals surface area contributed by atoms with E-state index in [2.05, 4.69) is 25.2 Å². The molecule has 1 atom stereocenters. The van der Waals surface area contributed by atoms with Crippen LogP contribution in [0.3, 0.4) is 0 Å². The number of rotatable bonds is 5. The Morgan fingerprint density at radius 3 is 2.61 bits per heavy atom. The molecule has 1 unspecified atom stereocenters. The van der Waals surface area contributed by atoms with E-state index in [1.807, 2.05) is 23.1 Å². The third-order valence-electron chi connectivity index (χ3n) is 6.36. The number of fused-ring (bicyclic) bond motifs is 1. The Labute approximate surface area is 167 Å². The van der Waals surface area contributed by atoms with Crippen molar-refractivity contribution >= 4 is 11.8 Å². The number of para-hydroxylation sites is 1. The van der Waals surface area contributed by atoms with Crippen molar-refractivity contribution in [2.24, 2.45) is 11.8 Å². The molecule has 1 spiro atoms. The van der Waals surface area contributed by atoms with Crippen LogP contribution in [-0.2, 0) is 9.59 Å². The Morgan fingerprint density at radius 1 is 1.21 bits per heavy atom. The molecule has 2 fully saturated rings. The van der Waals surface area contributed by atoms with Gasteiger partial charge in [0.15, 0.2) is 0 Å². The quantitative estimate of drug-likeness (QED) is 0.845. The van der Waals surface area contributed by atoms with Crippen molar-refractivity contribution in [2.45, 2.75) is 63.9 Å². The average Bonchev–Trinajstić information content (AvgIpc) is 3.52. The molecule has 0 bridgehead atoms. The molecule has 0 radical (unpaired) electrons. The largest absolute Gasteiger partial charge is 0.487 e. The monoisotopic (exact) mass is 384 g/mol. The highest BCUT2D eigenvalue weighted by atomic mass is 16.5. The van der Waals surface area contributed by atoms with Gasteiger partial charge >= 0.3 is 0 Å². The highest BCUT2D eigenvalue weighted by Crippen LogP contribution is 2.47. The molecule has 2 aliphatic heterocycles. The van der Waals surface area contributed by atoms with Gasteiger partial charge in [-0.25, -0.2) is 0 Å². The van der Waals surface area contributed by atoms with E-state index in [0.29, 0.717) is 24.8 Å². The minimum atomic E-state index is -0.252. The van der Waals surface area contributed by atoms with Crippen molar-refractivity contribution in [3.05, 3.63) is 29.8 Å². The van der Waals surface area contributed by atoms with Gasteiger partial charge in [0.05, 0.1) is 0 Å². The summed E-state index contributed by atoms with van der Waals surface area (Å²) >= 11 is 0. The van der Waals surface area contributed by atoms with E-state index >= 15 is 0 Å². The van der Waals surface area contributed by atoms with Crippen LogP contribution in [0.1, 0.15) is 63.9 Å². The summed E-state index contributed by atoms with van der Waals surface area (Å²) in [5.74, 6) is 2.26. The number of piperidine rings is 1. The number of carbonyl (C=O) groups is 2. The second kappa shape index (κ2) is 7.76. The third kappa shape index (κ3) is 4.18. The lowest BCUT2D eigenvalue weighted by Gasteiger charge is -2.47. The number of carbonyl (C=O) groups excluding carboxylic acids is 2. The first-order valence-corrected chi connectivity index (χ1v) is 10.8. The summed E-state index contributed by atoms with van der Waals surface area (Å²) in [6.45, 7) is 6.46. The van der Waals surface area contributed by atoms with Crippen molar-refractivity contribution in [1.29, 1.82) is 0 Å². The molecule has 4 rings (SSSR count). The first kappa shape index (κ1) is 19.3. The van der Waals surface area contributed by atoms with Gasteiger partial charge in [-0.1, -0.05) is 32.0 Å². The minimum absolute atomic E-state index is 0.118. The normalized spacial score (nSPS) is 23.2. The van der Waals surface area contributed by atoms with Crippen molar-refractivity contribution in [3.63, 3.8) is 0 Å². The number of likely N-dealkylation sites (tertiary alicyclic amines) is 1. The van der Waals surface area contributed by atoms with E-state index in [1.165, 1.54) is 0 Å². The van der Waals surface area contributed by atoms with E-state index < -0.39 is 0 Å². The zero-order valence-electron chi connectivity index (χ0n) is 17.1. The fraction of sp³-hybridized carbons (Fsp3) is 0.652. The Balaban J connectivity index is 1.45. The van der Waals surface area contributed by atoms with Crippen LogP contribution in [-0.4, -0.2) is 41.9 Å². The van der Waals surface area contributed by atoms with Crippen molar-refractivity contribution < 1.29 is 14.3 Å². The number of benzene rings is 1. The number of amides is 2. The summed E-state index contributed by atoms with van der Waals surface area (Å²) in [7, 11) is 0. The minimum Gasteiger partial charge on any atom is -0.487 e. The standard InChI is InChI=1S/C23H32N2O3/c1-16(2)15-24-21(26)13-18-14-23(28-20-6-4-3-5-19(18)20)9-11-25(12-10-23)22(27)17-7-8-17/h3-6,16-18H,7-15H2,1-2H3,(H,24,26). The van der Waals surface area contributed by atoms with Crippen LogP contribution in [0, 0.1) is 11.8 Å². The van der Waals surface area contributed by atoms with Crippen LogP contribution >= 0.6 is 0 Å². The van der Waals surface area contributed by atoms with Gasteiger partial charge in [-0.3, -0.25) is 9.59 Å². The molecule has 152 valence electrons. The molecule has 1 saturated carbocycles. The van der Waals surface area contributed by atoms with E-state index in [0.717, 1.165) is 56.5 Å². The number of hydrogen-bond donors (Lipinski definition) is 1. The van der Waals surface area contributed by atoms with Gasteiger partial charge in [0.1, 0.15) is 11.4 Å². The molecule has 2 heterocycles. The maximum Gasteiger partial charge on any atom is 0.225 e. The lowest BCUT2D eigenvalue weighted by molar-refractivity contribution is -0.136. The van der Waals surface area contributed by atoms with Gasteiger partial charge in [-0.05, 0) is 36.8 Å². The molecule has 1 aliphatic carbocycles. The van der Waals surface area contributed by atoms with Crippen molar-refractivity contribution in [3.8, 4) is 5.75 Å². The molecule has 1 N–H and O–H groups in total. The van der Waals surface area contributed by atoms with Crippen LogP contribution in [0.15, 0.2) is 24.3 Å². The predicted molar refractivity (Wildman–Crippen MR) is 108 cm³/mol. The summed E-state index contributed by atoms with van der Waals surface area (Å²) in [6, 6.07) is 8.14. The summed E-state index contributed by atoms with van der Waals surface area (Å²) in [6.07, 6.45) is 5.16. The fourth-order valence-corrected chi connectivity index (χ4v) is 4.57. The van der Waals surface area contributed by atoms with E-state index in [9.17, 15) is 9.59 Å². The number of ether oxygens (including phenoxy) is 1. The van der Waals surface area contributed by atoms with Gasteiger partial charge in [0.2, 0.25) is 11.8 Å². The molecular weight excluding hydrogens is 352 g/mol. The average molecular weight is 385 g/mol. The van der Waals surface area contributed by atoms with Gasteiger partial charge < -0.3 is 15.0 Å². The smallest absolute Gasteiger partial charge is 0.225 e. The van der Waals surface area contributed by atoms with Crippen LogP contribution in [0.25, 0.3) is 0 Å². The zero-order valence-corrected chi connectivity index (χ0v) is 17.1. The second-order valence-electron chi connectivity index (χ2n) is 9.23.